The first kappa shape index (κ1) is 16.7. The number of hydrogen-bond donors (Lipinski definition) is 1. The fourth-order valence-electron chi connectivity index (χ4n) is 2.10. The molecular formula is C18H21NO4. The number of rotatable bonds is 6. The van der Waals surface area contributed by atoms with Crippen LogP contribution >= 0.6 is 0 Å². The van der Waals surface area contributed by atoms with Crippen LogP contribution in [0.5, 0.6) is 17.2 Å². The summed E-state index contributed by atoms with van der Waals surface area (Å²) in [6, 6.07) is 12.8. The van der Waals surface area contributed by atoms with Gasteiger partial charge in [0.05, 0.1) is 19.9 Å². The lowest BCUT2D eigenvalue weighted by atomic mass is 10.2. The van der Waals surface area contributed by atoms with Crippen LogP contribution in [0.1, 0.15) is 12.5 Å². The molecule has 5 heteroatoms. The Morgan fingerprint density at radius 3 is 2.39 bits per heavy atom. The van der Waals surface area contributed by atoms with E-state index in [1.54, 1.807) is 39.3 Å². The molecule has 0 spiro atoms. The number of anilines is 1. The van der Waals surface area contributed by atoms with E-state index in [0.717, 1.165) is 5.56 Å². The highest BCUT2D eigenvalue weighted by Gasteiger charge is 2.18. The Morgan fingerprint density at radius 1 is 1.00 bits per heavy atom. The van der Waals surface area contributed by atoms with Gasteiger partial charge in [0.15, 0.2) is 17.6 Å². The maximum absolute atomic E-state index is 12.3. The molecule has 0 aromatic heterocycles. The van der Waals surface area contributed by atoms with Crippen molar-refractivity contribution in [3.8, 4) is 17.2 Å². The van der Waals surface area contributed by atoms with Crippen LogP contribution in [0.3, 0.4) is 0 Å². The van der Waals surface area contributed by atoms with Crippen molar-refractivity contribution in [2.24, 2.45) is 0 Å². The molecule has 0 unspecified atom stereocenters. The first-order chi connectivity index (χ1) is 11.0. The van der Waals surface area contributed by atoms with E-state index >= 15 is 0 Å². The van der Waals surface area contributed by atoms with E-state index in [4.69, 9.17) is 14.2 Å². The molecule has 1 amide bonds. The first-order valence-electron chi connectivity index (χ1n) is 7.30. The fraction of sp³-hybridized carbons (Fsp3) is 0.278. The molecule has 2 rings (SSSR count). The van der Waals surface area contributed by atoms with Gasteiger partial charge in [-0.05, 0) is 43.7 Å². The third-order valence-electron chi connectivity index (χ3n) is 3.36. The smallest absolute Gasteiger partial charge is 0.265 e. The van der Waals surface area contributed by atoms with Crippen LogP contribution in [0.4, 0.5) is 5.69 Å². The van der Waals surface area contributed by atoms with E-state index in [0.29, 0.717) is 22.9 Å². The van der Waals surface area contributed by atoms with E-state index in [-0.39, 0.29) is 5.91 Å². The second-order valence-electron chi connectivity index (χ2n) is 5.10. The van der Waals surface area contributed by atoms with Crippen LogP contribution in [0, 0.1) is 6.92 Å². The number of amides is 1. The molecule has 0 bridgehead atoms. The van der Waals surface area contributed by atoms with Gasteiger partial charge >= 0.3 is 0 Å². The summed E-state index contributed by atoms with van der Waals surface area (Å²) >= 11 is 0. The van der Waals surface area contributed by atoms with Gasteiger partial charge in [-0.1, -0.05) is 18.2 Å². The zero-order valence-corrected chi connectivity index (χ0v) is 13.8. The van der Waals surface area contributed by atoms with Crippen molar-refractivity contribution >= 4 is 11.6 Å². The van der Waals surface area contributed by atoms with Gasteiger partial charge in [0.25, 0.3) is 5.91 Å². The molecule has 0 aliphatic heterocycles. The predicted octanol–water partition coefficient (Wildman–Crippen LogP) is 3.42. The predicted molar refractivity (Wildman–Crippen MR) is 89.4 cm³/mol. The van der Waals surface area contributed by atoms with E-state index in [1.165, 1.54) is 0 Å². The normalized spacial score (nSPS) is 11.5. The number of carbonyl (C=O) groups is 1. The first-order valence-corrected chi connectivity index (χ1v) is 7.30. The zero-order chi connectivity index (χ0) is 16.8. The van der Waals surface area contributed by atoms with Gasteiger partial charge in [0, 0.05) is 0 Å². The monoisotopic (exact) mass is 315 g/mol. The minimum Gasteiger partial charge on any atom is -0.495 e. The third kappa shape index (κ3) is 4.16. The third-order valence-corrected chi connectivity index (χ3v) is 3.36. The van der Waals surface area contributed by atoms with Gasteiger partial charge in [0.2, 0.25) is 0 Å². The number of benzene rings is 2. The van der Waals surface area contributed by atoms with Gasteiger partial charge in [0.1, 0.15) is 5.75 Å². The van der Waals surface area contributed by atoms with Crippen molar-refractivity contribution in [2.45, 2.75) is 20.0 Å². The lowest BCUT2D eigenvalue weighted by molar-refractivity contribution is -0.122. The van der Waals surface area contributed by atoms with Gasteiger partial charge in [-0.2, -0.15) is 0 Å². The van der Waals surface area contributed by atoms with E-state index < -0.39 is 6.10 Å². The molecule has 0 radical (unpaired) electrons. The van der Waals surface area contributed by atoms with Gasteiger partial charge in [-0.25, -0.2) is 0 Å². The van der Waals surface area contributed by atoms with Crippen molar-refractivity contribution in [2.75, 3.05) is 19.5 Å². The molecule has 2 aromatic carbocycles. The molecule has 0 saturated carbocycles. The van der Waals surface area contributed by atoms with Crippen molar-refractivity contribution in [1.29, 1.82) is 0 Å². The number of methoxy groups -OCH3 is 2. The average molecular weight is 315 g/mol. The molecule has 23 heavy (non-hydrogen) atoms. The molecule has 122 valence electrons. The molecular weight excluding hydrogens is 294 g/mol. The van der Waals surface area contributed by atoms with E-state index in [2.05, 4.69) is 5.32 Å². The van der Waals surface area contributed by atoms with E-state index in [9.17, 15) is 4.79 Å². The maximum Gasteiger partial charge on any atom is 0.265 e. The summed E-state index contributed by atoms with van der Waals surface area (Å²) in [4.78, 5) is 12.3. The van der Waals surface area contributed by atoms with Crippen molar-refractivity contribution in [3.05, 3.63) is 48.0 Å². The Kier molecular flexibility index (Phi) is 5.46. The Balaban J connectivity index is 2.08. The van der Waals surface area contributed by atoms with Crippen LogP contribution in [-0.2, 0) is 4.79 Å². The molecule has 0 aliphatic rings. The summed E-state index contributed by atoms with van der Waals surface area (Å²) in [5.41, 5.74) is 1.66. The highest BCUT2D eigenvalue weighted by atomic mass is 16.5. The molecule has 0 fully saturated rings. The van der Waals surface area contributed by atoms with Crippen LogP contribution < -0.4 is 19.5 Å². The van der Waals surface area contributed by atoms with Gasteiger partial charge in [-0.3, -0.25) is 4.79 Å². The molecule has 1 atom stereocenters. The summed E-state index contributed by atoms with van der Waals surface area (Å²) in [7, 11) is 3.13. The lowest BCUT2D eigenvalue weighted by Crippen LogP contribution is -2.30. The Hall–Kier alpha value is -2.69. The number of aryl methyl sites for hydroxylation is 1. The average Bonchev–Trinajstić information content (AvgIpc) is 2.56. The SMILES string of the molecule is COc1ccccc1NC(=O)[C@H](C)Oc1ccc(C)cc1OC. The molecule has 2 aromatic rings. The number of ether oxygens (including phenoxy) is 3. The van der Waals surface area contributed by atoms with Crippen LogP contribution in [0.15, 0.2) is 42.5 Å². The van der Waals surface area contributed by atoms with Crippen LogP contribution in [0.2, 0.25) is 0 Å². The molecule has 5 nitrogen and oxygen atoms in total. The highest BCUT2D eigenvalue weighted by molar-refractivity contribution is 5.95. The summed E-state index contributed by atoms with van der Waals surface area (Å²) in [6.07, 6.45) is -0.684. The lowest BCUT2D eigenvalue weighted by Gasteiger charge is -2.17. The topological polar surface area (TPSA) is 56.8 Å². The van der Waals surface area contributed by atoms with Crippen molar-refractivity contribution in [1.82, 2.24) is 0 Å². The van der Waals surface area contributed by atoms with E-state index in [1.807, 2.05) is 31.2 Å². The molecule has 0 aliphatic carbocycles. The van der Waals surface area contributed by atoms with Crippen molar-refractivity contribution < 1.29 is 19.0 Å². The Morgan fingerprint density at radius 2 is 1.70 bits per heavy atom. The fourth-order valence-corrected chi connectivity index (χ4v) is 2.10. The minimum atomic E-state index is -0.684. The number of para-hydroxylation sites is 2. The van der Waals surface area contributed by atoms with Crippen LogP contribution in [0.25, 0.3) is 0 Å². The molecule has 1 N–H and O–H groups in total. The number of nitrogens with one attached hydrogen (secondary N) is 1. The van der Waals surface area contributed by atoms with Crippen LogP contribution in [-0.4, -0.2) is 26.2 Å². The second kappa shape index (κ2) is 7.54. The van der Waals surface area contributed by atoms with Gasteiger partial charge in [-0.15, -0.1) is 0 Å². The van der Waals surface area contributed by atoms with Gasteiger partial charge < -0.3 is 19.5 Å². The minimum absolute atomic E-state index is 0.267. The number of carbonyl (C=O) groups excluding carboxylic acids is 1. The summed E-state index contributed by atoms with van der Waals surface area (Å²) in [6.45, 7) is 3.65. The second-order valence-corrected chi connectivity index (χ2v) is 5.10. The number of hydrogen-bond acceptors (Lipinski definition) is 4. The quantitative estimate of drug-likeness (QED) is 0.887. The highest BCUT2D eigenvalue weighted by Crippen LogP contribution is 2.29. The largest absolute Gasteiger partial charge is 0.495 e. The Labute approximate surface area is 136 Å². The standard InChI is InChI=1S/C18H21NO4/c1-12-9-10-16(17(11-12)22-4)23-13(2)18(20)19-14-7-5-6-8-15(14)21-3/h5-11,13H,1-4H3,(H,19,20)/t13-/m0/s1. The Bertz CT molecular complexity index is 684. The van der Waals surface area contributed by atoms with Crippen molar-refractivity contribution in [3.63, 3.8) is 0 Å². The molecule has 0 saturated heterocycles. The zero-order valence-electron chi connectivity index (χ0n) is 13.8. The molecule has 0 heterocycles. The summed E-state index contributed by atoms with van der Waals surface area (Å²) < 4.78 is 16.2. The maximum atomic E-state index is 12.3. The summed E-state index contributed by atoms with van der Waals surface area (Å²) in [5.74, 6) is 1.46. The summed E-state index contributed by atoms with van der Waals surface area (Å²) in [5, 5.41) is 2.80.